The summed E-state index contributed by atoms with van der Waals surface area (Å²) in [6.07, 6.45) is 6.37. The van der Waals surface area contributed by atoms with Crippen LogP contribution in [0.1, 0.15) is 44.9 Å². The third kappa shape index (κ3) is 5.95. The zero-order chi connectivity index (χ0) is 13.0. The summed E-state index contributed by atoms with van der Waals surface area (Å²) in [7, 11) is -3.21. The molecule has 0 radical (unpaired) electrons. The van der Waals surface area contributed by atoms with E-state index in [0.29, 0.717) is 6.61 Å². The largest absolute Gasteiger partial charge is 0.377 e. The van der Waals surface area contributed by atoms with Crippen molar-refractivity contribution in [2.45, 2.75) is 63.1 Å². The van der Waals surface area contributed by atoms with Crippen LogP contribution in [-0.2, 0) is 14.8 Å². The van der Waals surface area contributed by atoms with Crippen LogP contribution in [0.15, 0.2) is 0 Å². The van der Waals surface area contributed by atoms with E-state index in [2.05, 4.69) is 4.72 Å². The number of sulfonamides is 1. The Hall–Kier alpha value is 0.120. The van der Waals surface area contributed by atoms with Crippen LogP contribution in [0.3, 0.4) is 0 Å². The summed E-state index contributed by atoms with van der Waals surface area (Å²) in [4.78, 5) is 0. The first kappa shape index (κ1) is 17.2. The van der Waals surface area contributed by atoms with Gasteiger partial charge >= 0.3 is 0 Å². The zero-order valence-corrected chi connectivity index (χ0v) is 12.8. The Morgan fingerprint density at radius 2 is 1.79 bits per heavy atom. The highest BCUT2D eigenvalue weighted by Crippen LogP contribution is 2.19. The molecule has 1 unspecified atom stereocenters. The first-order valence-corrected chi connectivity index (χ1v) is 8.57. The maximum Gasteiger partial charge on any atom is 0.214 e. The number of ether oxygens (including phenoxy) is 1. The average molecular weight is 313 g/mol. The van der Waals surface area contributed by atoms with Gasteiger partial charge in [-0.25, -0.2) is 13.1 Å². The van der Waals surface area contributed by atoms with Gasteiger partial charge in [-0.1, -0.05) is 0 Å². The molecule has 0 bridgehead atoms. The van der Waals surface area contributed by atoms with E-state index < -0.39 is 10.0 Å². The van der Waals surface area contributed by atoms with E-state index in [4.69, 9.17) is 10.5 Å². The van der Waals surface area contributed by atoms with Crippen molar-refractivity contribution in [2.24, 2.45) is 5.73 Å². The summed E-state index contributed by atoms with van der Waals surface area (Å²) in [5.41, 5.74) is 5.81. The fourth-order valence-electron chi connectivity index (χ4n) is 2.72. The third-order valence-electron chi connectivity index (χ3n) is 3.80. The standard InChI is InChI=1S/C12H24N2O3S.ClH/c13-10-4-6-11(7-5-10)14-18(15,16)9-12-3-1-2-8-17-12;/h10-12,14H,1-9,13H2;1H. The smallest absolute Gasteiger partial charge is 0.214 e. The molecule has 1 aliphatic carbocycles. The molecule has 1 atom stereocenters. The molecule has 2 aliphatic rings. The van der Waals surface area contributed by atoms with E-state index in [1.807, 2.05) is 0 Å². The van der Waals surface area contributed by atoms with E-state index in [1.54, 1.807) is 0 Å². The lowest BCUT2D eigenvalue weighted by Crippen LogP contribution is -2.43. The highest BCUT2D eigenvalue weighted by Gasteiger charge is 2.26. The Bertz CT molecular complexity index is 350. The first-order valence-electron chi connectivity index (χ1n) is 6.92. The highest BCUT2D eigenvalue weighted by molar-refractivity contribution is 7.89. The van der Waals surface area contributed by atoms with Gasteiger partial charge < -0.3 is 10.5 Å². The number of hydrogen-bond acceptors (Lipinski definition) is 4. The average Bonchev–Trinajstić information content (AvgIpc) is 2.32. The van der Waals surface area contributed by atoms with Gasteiger partial charge in [0.2, 0.25) is 10.0 Å². The molecule has 1 saturated heterocycles. The molecule has 0 aromatic rings. The molecule has 19 heavy (non-hydrogen) atoms. The van der Waals surface area contributed by atoms with Crippen LogP contribution >= 0.6 is 12.4 Å². The van der Waals surface area contributed by atoms with E-state index >= 15 is 0 Å². The van der Waals surface area contributed by atoms with E-state index in [9.17, 15) is 8.42 Å². The minimum absolute atomic E-state index is 0. The van der Waals surface area contributed by atoms with Crippen LogP contribution in [0.25, 0.3) is 0 Å². The van der Waals surface area contributed by atoms with Crippen molar-refractivity contribution in [1.82, 2.24) is 4.72 Å². The molecule has 2 fully saturated rings. The Balaban J connectivity index is 0.00000180. The second-order valence-electron chi connectivity index (χ2n) is 5.50. The molecule has 0 aromatic heterocycles. The Morgan fingerprint density at radius 3 is 2.37 bits per heavy atom. The Kier molecular flexibility index (Phi) is 7.04. The van der Waals surface area contributed by atoms with Crippen LogP contribution in [-0.4, -0.2) is 39.0 Å². The van der Waals surface area contributed by atoms with Crippen LogP contribution in [0.5, 0.6) is 0 Å². The van der Waals surface area contributed by atoms with Gasteiger partial charge in [-0.15, -0.1) is 12.4 Å². The van der Waals surface area contributed by atoms with Crippen molar-refractivity contribution >= 4 is 22.4 Å². The van der Waals surface area contributed by atoms with E-state index in [0.717, 1.165) is 44.9 Å². The summed E-state index contributed by atoms with van der Waals surface area (Å²) in [6.45, 7) is 0.693. The van der Waals surface area contributed by atoms with Gasteiger partial charge in [0.25, 0.3) is 0 Å². The third-order valence-corrected chi connectivity index (χ3v) is 5.30. The maximum atomic E-state index is 12.0. The molecule has 0 aromatic carbocycles. The van der Waals surface area contributed by atoms with Crippen molar-refractivity contribution in [3.05, 3.63) is 0 Å². The van der Waals surface area contributed by atoms with Crippen LogP contribution in [0.2, 0.25) is 0 Å². The lowest BCUT2D eigenvalue weighted by molar-refractivity contribution is 0.0303. The molecule has 7 heteroatoms. The lowest BCUT2D eigenvalue weighted by Gasteiger charge is -2.28. The minimum atomic E-state index is -3.21. The van der Waals surface area contributed by atoms with Crippen molar-refractivity contribution < 1.29 is 13.2 Å². The van der Waals surface area contributed by atoms with Crippen LogP contribution in [0.4, 0.5) is 0 Å². The summed E-state index contributed by atoms with van der Waals surface area (Å²) >= 11 is 0. The van der Waals surface area contributed by atoms with Crippen molar-refractivity contribution in [3.63, 3.8) is 0 Å². The van der Waals surface area contributed by atoms with Gasteiger partial charge in [0.05, 0.1) is 11.9 Å². The monoisotopic (exact) mass is 312 g/mol. The molecule has 3 N–H and O–H groups in total. The molecule has 1 saturated carbocycles. The fourth-order valence-corrected chi connectivity index (χ4v) is 4.31. The molecule has 0 amide bonds. The molecule has 1 heterocycles. The van der Waals surface area contributed by atoms with Crippen LogP contribution < -0.4 is 10.5 Å². The molecular formula is C12H25ClN2O3S. The van der Waals surface area contributed by atoms with Gasteiger partial charge in [0.1, 0.15) is 0 Å². The van der Waals surface area contributed by atoms with Crippen molar-refractivity contribution in [1.29, 1.82) is 0 Å². The molecule has 114 valence electrons. The molecule has 5 nitrogen and oxygen atoms in total. The van der Waals surface area contributed by atoms with Gasteiger partial charge in [-0.2, -0.15) is 0 Å². The lowest BCUT2D eigenvalue weighted by atomic mass is 9.93. The van der Waals surface area contributed by atoms with Gasteiger partial charge in [0, 0.05) is 18.7 Å². The second-order valence-corrected chi connectivity index (χ2v) is 7.30. The number of halogens is 1. The first-order chi connectivity index (χ1) is 8.55. The number of rotatable bonds is 4. The molecule has 1 aliphatic heterocycles. The second kappa shape index (κ2) is 7.78. The molecular weight excluding hydrogens is 288 g/mol. The highest BCUT2D eigenvalue weighted by atomic mass is 35.5. The quantitative estimate of drug-likeness (QED) is 0.816. The Morgan fingerprint density at radius 1 is 1.11 bits per heavy atom. The number of nitrogens with one attached hydrogen (secondary N) is 1. The SMILES string of the molecule is Cl.NC1CCC(NS(=O)(=O)CC2CCCCO2)CC1. The zero-order valence-electron chi connectivity index (χ0n) is 11.2. The fraction of sp³-hybridized carbons (Fsp3) is 1.00. The summed E-state index contributed by atoms with van der Waals surface area (Å²) in [5, 5.41) is 0. The minimum Gasteiger partial charge on any atom is -0.377 e. The van der Waals surface area contributed by atoms with Crippen molar-refractivity contribution in [2.75, 3.05) is 12.4 Å². The van der Waals surface area contributed by atoms with E-state index in [-0.39, 0.29) is 36.3 Å². The molecule has 0 spiro atoms. The predicted octanol–water partition coefficient (Wildman–Crippen LogP) is 1.17. The van der Waals surface area contributed by atoms with Gasteiger partial charge in [-0.3, -0.25) is 0 Å². The maximum absolute atomic E-state index is 12.0. The normalized spacial score (nSPS) is 32.6. The predicted molar refractivity (Wildman–Crippen MR) is 78.0 cm³/mol. The van der Waals surface area contributed by atoms with Gasteiger partial charge in [-0.05, 0) is 44.9 Å². The summed E-state index contributed by atoms with van der Waals surface area (Å²) in [5.74, 6) is 0.107. The molecule has 2 rings (SSSR count). The number of nitrogens with two attached hydrogens (primary N) is 1. The summed E-state index contributed by atoms with van der Waals surface area (Å²) in [6, 6.07) is 0.311. The topological polar surface area (TPSA) is 81.4 Å². The van der Waals surface area contributed by atoms with Crippen LogP contribution in [0, 0.1) is 0 Å². The van der Waals surface area contributed by atoms with Gasteiger partial charge in [0.15, 0.2) is 0 Å². The van der Waals surface area contributed by atoms with E-state index in [1.165, 1.54) is 0 Å². The Labute approximate surface area is 122 Å². The van der Waals surface area contributed by atoms with Crippen molar-refractivity contribution in [3.8, 4) is 0 Å². The number of hydrogen-bond donors (Lipinski definition) is 2. The summed E-state index contributed by atoms with van der Waals surface area (Å²) < 4.78 is 32.3.